The topological polar surface area (TPSA) is 106 Å². The lowest BCUT2D eigenvalue weighted by atomic mass is 10.1. The second-order valence-corrected chi connectivity index (χ2v) is 11.3. The first-order chi connectivity index (χ1) is 18.8. The van der Waals surface area contributed by atoms with Crippen LogP contribution in [0.3, 0.4) is 0 Å². The van der Waals surface area contributed by atoms with Gasteiger partial charge in [0.25, 0.3) is 5.91 Å². The Balaban J connectivity index is 1.67. The van der Waals surface area contributed by atoms with Gasteiger partial charge in [0, 0.05) is 38.3 Å². The van der Waals surface area contributed by atoms with Gasteiger partial charge in [-0.2, -0.15) is 8.78 Å². The van der Waals surface area contributed by atoms with Crippen molar-refractivity contribution in [1.82, 2.24) is 20.1 Å². The molecule has 1 aromatic carbocycles. The summed E-state index contributed by atoms with van der Waals surface area (Å²) in [7, 11) is 3.99. The molecule has 2 atom stereocenters. The second kappa shape index (κ2) is 12.0. The predicted molar refractivity (Wildman–Crippen MR) is 142 cm³/mol. The molecule has 2 heterocycles. The minimum Gasteiger partial charge on any atom is -0.489 e. The fourth-order valence-corrected chi connectivity index (χ4v) is 4.22. The first-order valence-electron chi connectivity index (χ1n) is 13.4. The van der Waals surface area contributed by atoms with E-state index in [9.17, 15) is 18.4 Å². The quantitative estimate of drug-likeness (QED) is 0.441. The van der Waals surface area contributed by atoms with Gasteiger partial charge in [0.05, 0.1) is 12.6 Å². The fraction of sp³-hybridized carbons (Fsp3) is 0.571. The monoisotopic (exact) mass is 563 g/mol. The van der Waals surface area contributed by atoms with Gasteiger partial charge < -0.3 is 28.8 Å². The van der Waals surface area contributed by atoms with Gasteiger partial charge >= 0.3 is 12.7 Å². The molecule has 40 heavy (non-hydrogen) atoms. The van der Waals surface area contributed by atoms with Crippen molar-refractivity contribution in [2.75, 3.05) is 26.2 Å². The molecular weight excluding hydrogens is 526 g/mol. The molecule has 2 aliphatic rings. The summed E-state index contributed by atoms with van der Waals surface area (Å²) in [5.41, 5.74) is -0.289. The number of alkyl carbamates (subject to hydrolysis) is 1. The number of rotatable bonds is 9. The van der Waals surface area contributed by atoms with Gasteiger partial charge in [0.2, 0.25) is 5.89 Å². The van der Waals surface area contributed by atoms with Crippen molar-refractivity contribution in [3.8, 4) is 23.0 Å². The Bertz CT molecular complexity index is 1210. The number of nitrogens with zero attached hydrogens (tertiary/aromatic N) is 3. The molecule has 1 unspecified atom stereocenters. The smallest absolute Gasteiger partial charge is 0.408 e. The normalized spacial score (nSPS) is 18.9. The summed E-state index contributed by atoms with van der Waals surface area (Å²) in [5.74, 6) is 0.246. The van der Waals surface area contributed by atoms with Crippen LogP contribution in [0.5, 0.6) is 11.5 Å². The van der Waals surface area contributed by atoms with E-state index < -0.39 is 24.3 Å². The Labute approximate surface area is 232 Å². The number of nitrogens with one attached hydrogen (secondary N) is 1. The molecule has 10 nitrogen and oxygen atoms in total. The van der Waals surface area contributed by atoms with Gasteiger partial charge in [0.15, 0.2) is 23.0 Å². The van der Waals surface area contributed by atoms with Crippen LogP contribution in [0.1, 0.15) is 69.8 Å². The number of oxazole rings is 1. The van der Waals surface area contributed by atoms with Gasteiger partial charge in [-0.1, -0.05) is 0 Å². The summed E-state index contributed by atoms with van der Waals surface area (Å²) in [6.07, 6.45) is 1.35. The molecule has 2 fully saturated rings. The van der Waals surface area contributed by atoms with Gasteiger partial charge in [-0.15, -0.1) is 0 Å². The first-order valence-corrected chi connectivity index (χ1v) is 13.4. The summed E-state index contributed by atoms with van der Waals surface area (Å²) in [4.78, 5) is 34.2. The summed E-state index contributed by atoms with van der Waals surface area (Å²) in [6, 6.07) is 3.62. The number of carbonyl (C=O) groups is 2. The summed E-state index contributed by atoms with van der Waals surface area (Å²) < 4.78 is 47.9. The van der Waals surface area contributed by atoms with Crippen molar-refractivity contribution in [1.29, 1.82) is 0 Å². The van der Waals surface area contributed by atoms with E-state index in [-0.39, 0.29) is 40.8 Å². The number of halogens is 2. The van der Waals surface area contributed by atoms with Gasteiger partial charge in [-0.05, 0) is 71.6 Å². The van der Waals surface area contributed by atoms with Gasteiger partial charge in [-0.25, -0.2) is 9.78 Å². The number of benzene rings is 1. The lowest BCUT2D eigenvalue weighted by Crippen LogP contribution is -2.51. The van der Waals surface area contributed by atoms with Crippen molar-refractivity contribution in [2.45, 2.75) is 71.8 Å². The maximum absolute atomic E-state index is 13.7. The average molecular weight is 564 g/mol. The highest BCUT2D eigenvalue weighted by Crippen LogP contribution is 2.37. The van der Waals surface area contributed by atoms with Crippen LogP contribution >= 0.6 is 0 Å². The molecule has 219 valence electrons. The average Bonchev–Trinajstić information content (AvgIpc) is 3.58. The maximum atomic E-state index is 13.7. The third-order valence-electron chi connectivity index (χ3n) is 6.61. The van der Waals surface area contributed by atoms with E-state index in [4.69, 9.17) is 13.9 Å². The second-order valence-electron chi connectivity index (χ2n) is 11.3. The molecule has 1 N–H and O–H groups in total. The zero-order chi connectivity index (χ0) is 29.2. The molecule has 1 radical (unpaired) electrons. The minimum atomic E-state index is -3.02. The third kappa shape index (κ3) is 7.61. The molecule has 2 amide bonds. The van der Waals surface area contributed by atoms with Gasteiger partial charge in [0.1, 0.15) is 5.60 Å². The molecule has 4 rings (SSSR count). The van der Waals surface area contributed by atoms with E-state index in [2.05, 4.69) is 22.1 Å². The molecule has 0 bridgehead atoms. The van der Waals surface area contributed by atoms with Gasteiger partial charge in [-0.3, -0.25) is 9.69 Å². The van der Waals surface area contributed by atoms with Crippen LogP contribution in [-0.2, 0) is 4.74 Å². The van der Waals surface area contributed by atoms with Crippen LogP contribution < -0.4 is 14.8 Å². The Morgan fingerprint density at radius 3 is 2.58 bits per heavy atom. The standard InChI is InChI=1S/C28H37F2N4O6/c1-16-14-34(12-11-33(16)6)25(35)22-23(17(2)31-27(36)40-28(3,4)5)39-24(32-22)19-9-10-20(38-26(29)30)21(13-19)37-15-18-7-8-18/h9-10,13,16-18,26H,6-8,11-12,14-15H2,1-5H3,(H,31,36)/t16?,17-/m0/s1. The maximum Gasteiger partial charge on any atom is 0.408 e. The number of aromatic nitrogens is 1. The Hall–Kier alpha value is -3.41. The van der Waals surface area contributed by atoms with Crippen LogP contribution in [0.2, 0.25) is 0 Å². The Kier molecular flexibility index (Phi) is 8.86. The van der Waals surface area contributed by atoms with E-state index >= 15 is 0 Å². The number of amides is 2. The van der Waals surface area contributed by atoms with E-state index in [0.29, 0.717) is 37.7 Å². The summed E-state index contributed by atoms with van der Waals surface area (Å²) >= 11 is 0. The van der Waals surface area contributed by atoms with E-state index in [1.165, 1.54) is 18.2 Å². The van der Waals surface area contributed by atoms with Crippen molar-refractivity contribution in [3.63, 3.8) is 0 Å². The van der Waals surface area contributed by atoms with Crippen molar-refractivity contribution in [2.24, 2.45) is 5.92 Å². The Morgan fingerprint density at radius 1 is 1.23 bits per heavy atom. The van der Waals surface area contributed by atoms with Crippen LogP contribution in [0.15, 0.2) is 22.6 Å². The molecule has 1 saturated carbocycles. The SMILES string of the molecule is [CH2]N1CCN(C(=O)c2nc(-c3ccc(OC(F)F)c(OCC4CC4)c3)oc2[C@H](C)NC(=O)OC(C)(C)C)CC1C. The highest BCUT2D eigenvalue weighted by molar-refractivity contribution is 5.94. The molecule has 2 aromatic rings. The number of hydrogen-bond donors (Lipinski definition) is 1. The first kappa shape index (κ1) is 29.6. The number of carbonyl (C=O) groups excluding carboxylic acids is 2. The van der Waals surface area contributed by atoms with E-state index in [0.717, 1.165) is 12.8 Å². The number of hydrogen-bond acceptors (Lipinski definition) is 8. The molecule has 1 aromatic heterocycles. The number of ether oxygens (including phenoxy) is 3. The summed E-state index contributed by atoms with van der Waals surface area (Å²) in [5, 5.41) is 2.70. The van der Waals surface area contributed by atoms with E-state index in [1.807, 2.05) is 11.8 Å². The molecular formula is C28H37F2N4O6. The third-order valence-corrected chi connectivity index (χ3v) is 6.61. The predicted octanol–water partition coefficient (Wildman–Crippen LogP) is 5.26. The molecule has 0 spiro atoms. The zero-order valence-electron chi connectivity index (χ0n) is 23.5. The number of alkyl halides is 2. The molecule has 1 aliphatic carbocycles. The number of piperazine rings is 1. The lowest BCUT2D eigenvalue weighted by molar-refractivity contribution is -0.0515. The highest BCUT2D eigenvalue weighted by Gasteiger charge is 2.33. The van der Waals surface area contributed by atoms with E-state index in [1.54, 1.807) is 32.6 Å². The van der Waals surface area contributed by atoms with Crippen LogP contribution in [0.4, 0.5) is 13.6 Å². The Morgan fingerprint density at radius 2 is 1.95 bits per heavy atom. The molecule has 1 saturated heterocycles. The fourth-order valence-electron chi connectivity index (χ4n) is 4.22. The van der Waals surface area contributed by atoms with Crippen LogP contribution in [-0.4, -0.2) is 71.3 Å². The minimum absolute atomic E-state index is 0.0385. The lowest BCUT2D eigenvalue weighted by Gasteiger charge is -2.37. The van der Waals surface area contributed by atoms with Crippen molar-refractivity contribution in [3.05, 3.63) is 36.7 Å². The molecule has 12 heteroatoms. The van der Waals surface area contributed by atoms with Crippen molar-refractivity contribution < 1.29 is 37.0 Å². The molecule has 1 aliphatic heterocycles. The summed E-state index contributed by atoms with van der Waals surface area (Å²) in [6.45, 7) is 7.69. The van der Waals surface area contributed by atoms with Crippen molar-refractivity contribution >= 4 is 12.0 Å². The van der Waals surface area contributed by atoms with Crippen LogP contribution in [0.25, 0.3) is 11.5 Å². The van der Waals surface area contributed by atoms with Crippen LogP contribution in [0, 0.1) is 13.0 Å². The zero-order valence-corrected chi connectivity index (χ0v) is 23.5. The largest absolute Gasteiger partial charge is 0.489 e. The highest BCUT2D eigenvalue weighted by atomic mass is 19.3.